The first-order chi connectivity index (χ1) is 9.66. The van der Waals surface area contributed by atoms with Crippen LogP contribution >= 0.6 is 0 Å². The van der Waals surface area contributed by atoms with Gasteiger partial charge in [0.15, 0.2) is 0 Å². The molecule has 3 nitrogen and oxygen atoms in total. The van der Waals surface area contributed by atoms with Gasteiger partial charge in [-0.3, -0.25) is 14.5 Å². The van der Waals surface area contributed by atoms with E-state index in [1.807, 2.05) is 43.3 Å². The second-order valence-corrected chi connectivity index (χ2v) is 5.40. The van der Waals surface area contributed by atoms with E-state index in [-0.39, 0.29) is 17.7 Å². The van der Waals surface area contributed by atoms with Crippen molar-refractivity contribution in [2.45, 2.75) is 19.8 Å². The quantitative estimate of drug-likeness (QED) is 0.744. The van der Waals surface area contributed by atoms with Crippen molar-refractivity contribution in [3.05, 3.63) is 48.0 Å². The highest BCUT2D eigenvalue weighted by molar-refractivity contribution is 6.07. The van der Waals surface area contributed by atoms with Crippen molar-refractivity contribution in [2.24, 2.45) is 5.92 Å². The number of carbonyl (C=O) groups excluding carboxylic acids is 2. The van der Waals surface area contributed by atoms with Gasteiger partial charge in [-0.15, -0.1) is 0 Å². The van der Waals surface area contributed by atoms with Crippen LogP contribution in [0.15, 0.2) is 42.5 Å². The summed E-state index contributed by atoms with van der Waals surface area (Å²) in [6, 6.07) is 13.5. The van der Waals surface area contributed by atoms with Crippen LogP contribution in [-0.4, -0.2) is 23.3 Å². The summed E-state index contributed by atoms with van der Waals surface area (Å²) in [5.74, 6) is -0.269. The number of rotatable bonds is 1. The number of benzene rings is 2. The predicted molar refractivity (Wildman–Crippen MR) is 78.4 cm³/mol. The van der Waals surface area contributed by atoms with Gasteiger partial charge in [0.2, 0.25) is 5.91 Å². The number of fused-ring (bicyclic) bond motifs is 1. The minimum atomic E-state index is -0.174. The van der Waals surface area contributed by atoms with Gasteiger partial charge in [0.05, 0.1) is 0 Å². The molecular formula is C17H17NO2. The van der Waals surface area contributed by atoms with Crippen molar-refractivity contribution >= 4 is 22.6 Å². The molecule has 0 spiro atoms. The number of nitrogens with zero attached hydrogens (tertiary/aromatic N) is 1. The molecule has 1 unspecified atom stereocenters. The van der Waals surface area contributed by atoms with Gasteiger partial charge in [-0.1, -0.05) is 37.3 Å². The van der Waals surface area contributed by atoms with E-state index < -0.39 is 0 Å². The first kappa shape index (κ1) is 12.9. The second-order valence-electron chi connectivity index (χ2n) is 5.40. The molecule has 20 heavy (non-hydrogen) atoms. The molecule has 102 valence electrons. The lowest BCUT2D eigenvalue weighted by molar-refractivity contribution is -0.134. The Balaban J connectivity index is 1.94. The topological polar surface area (TPSA) is 37.4 Å². The van der Waals surface area contributed by atoms with Crippen molar-refractivity contribution in [2.75, 3.05) is 6.54 Å². The van der Waals surface area contributed by atoms with Crippen LogP contribution in [0.1, 0.15) is 30.1 Å². The van der Waals surface area contributed by atoms with Crippen LogP contribution in [0, 0.1) is 5.92 Å². The van der Waals surface area contributed by atoms with Gasteiger partial charge in [0.1, 0.15) is 0 Å². The Hall–Kier alpha value is -2.16. The Morgan fingerprint density at radius 1 is 1.15 bits per heavy atom. The maximum atomic E-state index is 12.5. The maximum Gasteiger partial charge on any atom is 0.260 e. The fraction of sp³-hybridized carbons (Fsp3) is 0.294. The number of likely N-dealkylation sites (tertiary alicyclic amines) is 1. The van der Waals surface area contributed by atoms with Gasteiger partial charge in [-0.05, 0) is 35.7 Å². The lowest BCUT2D eigenvalue weighted by Crippen LogP contribution is -2.44. The van der Waals surface area contributed by atoms with Gasteiger partial charge in [0, 0.05) is 18.0 Å². The van der Waals surface area contributed by atoms with Crippen LogP contribution in [0.2, 0.25) is 0 Å². The van der Waals surface area contributed by atoms with Gasteiger partial charge >= 0.3 is 0 Å². The number of hydrogen-bond acceptors (Lipinski definition) is 2. The van der Waals surface area contributed by atoms with Crippen molar-refractivity contribution in [1.29, 1.82) is 0 Å². The van der Waals surface area contributed by atoms with E-state index >= 15 is 0 Å². The second kappa shape index (κ2) is 5.08. The van der Waals surface area contributed by atoms with Crippen LogP contribution in [0.4, 0.5) is 0 Å². The number of piperidine rings is 1. The molecule has 2 aromatic rings. The molecule has 1 heterocycles. The molecule has 0 saturated carbocycles. The zero-order chi connectivity index (χ0) is 14.1. The third-order valence-electron chi connectivity index (χ3n) is 3.95. The summed E-state index contributed by atoms with van der Waals surface area (Å²) in [5.41, 5.74) is 0.589. The zero-order valence-corrected chi connectivity index (χ0v) is 11.5. The largest absolute Gasteiger partial charge is 0.278 e. The number of amides is 2. The molecule has 2 aromatic carbocycles. The predicted octanol–water partition coefficient (Wildman–Crippen LogP) is 3.24. The number of imide groups is 1. The molecule has 0 bridgehead atoms. The summed E-state index contributed by atoms with van der Waals surface area (Å²) in [7, 11) is 0. The normalized spacial score (nSPS) is 19.4. The van der Waals surface area contributed by atoms with Crippen molar-refractivity contribution in [1.82, 2.24) is 4.90 Å². The molecule has 0 N–H and O–H groups in total. The SMILES string of the molecule is CC1CCCN(C(=O)c2ccc3ccccc3c2)C1=O. The molecule has 1 saturated heterocycles. The molecule has 2 amide bonds. The van der Waals surface area contributed by atoms with E-state index in [9.17, 15) is 9.59 Å². The Bertz CT molecular complexity index is 677. The van der Waals surface area contributed by atoms with Crippen LogP contribution in [0.25, 0.3) is 10.8 Å². The Labute approximate surface area is 118 Å². The highest BCUT2D eigenvalue weighted by Gasteiger charge is 2.30. The van der Waals surface area contributed by atoms with Crippen molar-refractivity contribution in [3.8, 4) is 0 Å². The number of carbonyl (C=O) groups is 2. The molecule has 3 rings (SSSR count). The first-order valence-corrected chi connectivity index (χ1v) is 7.01. The van der Waals surface area contributed by atoms with E-state index in [0.29, 0.717) is 12.1 Å². The average Bonchev–Trinajstić information content (AvgIpc) is 2.49. The third-order valence-corrected chi connectivity index (χ3v) is 3.95. The Morgan fingerprint density at radius 3 is 2.70 bits per heavy atom. The van der Waals surface area contributed by atoms with Gasteiger partial charge in [-0.25, -0.2) is 0 Å². The lowest BCUT2D eigenvalue weighted by Gasteiger charge is -2.29. The molecule has 0 aromatic heterocycles. The van der Waals surface area contributed by atoms with Crippen LogP contribution < -0.4 is 0 Å². The smallest absolute Gasteiger partial charge is 0.260 e. The molecule has 0 aliphatic carbocycles. The summed E-state index contributed by atoms with van der Waals surface area (Å²) in [6.45, 7) is 2.43. The first-order valence-electron chi connectivity index (χ1n) is 7.01. The molecule has 1 aliphatic rings. The molecular weight excluding hydrogens is 250 g/mol. The lowest BCUT2D eigenvalue weighted by atomic mass is 9.98. The maximum absolute atomic E-state index is 12.5. The molecule has 3 heteroatoms. The van der Waals surface area contributed by atoms with E-state index in [0.717, 1.165) is 23.6 Å². The average molecular weight is 267 g/mol. The monoisotopic (exact) mass is 267 g/mol. The third kappa shape index (κ3) is 2.20. The summed E-state index contributed by atoms with van der Waals surface area (Å²) < 4.78 is 0. The minimum Gasteiger partial charge on any atom is -0.278 e. The summed E-state index contributed by atoms with van der Waals surface area (Å²) in [6.07, 6.45) is 1.77. The van der Waals surface area contributed by atoms with Gasteiger partial charge in [-0.2, -0.15) is 0 Å². The van der Waals surface area contributed by atoms with E-state index in [1.165, 1.54) is 4.90 Å². The summed E-state index contributed by atoms with van der Waals surface area (Å²) >= 11 is 0. The summed E-state index contributed by atoms with van der Waals surface area (Å²) in [5, 5.41) is 2.12. The molecule has 1 aliphatic heterocycles. The standard InChI is InChI=1S/C17H17NO2/c1-12-5-4-10-18(16(12)19)17(20)15-9-8-13-6-2-3-7-14(13)11-15/h2-3,6-9,11-12H,4-5,10H2,1H3. The van der Waals surface area contributed by atoms with Crippen molar-refractivity contribution < 1.29 is 9.59 Å². The highest BCUT2D eigenvalue weighted by atomic mass is 16.2. The minimum absolute atomic E-state index is 0.0468. The fourth-order valence-electron chi connectivity index (χ4n) is 2.74. The van der Waals surface area contributed by atoms with Crippen molar-refractivity contribution in [3.63, 3.8) is 0 Å². The zero-order valence-electron chi connectivity index (χ0n) is 11.5. The summed E-state index contributed by atoms with van der Waals surface area (Å²) in [4.78, 5) is 26.0. The Morgan fingerprint density at radius 2 is 1.90 bits per heavy atom. The van der Waals surface area contributed by atoms with E-state index in [2.05, 4.69) is 0 Å². The molecule has 1 atom stereocenters. The molecule has 0 radical (unpaired) electrons. The Kier molecular flexibility index (Phi) is 3.26. The van der Waals surface area contributed by atoms with Crippen LogP contribution in [-0.2, 0) is 4.79 Å². The van der Waals surface area contributed by atoms with E-state index in [4.69, 9.17) is 0 Å². The molecule has 1 fully saturated rings. The van der Waals surface area contributed by atoms with Gasteiger partial charge < -0.3 is 0 Å². The van der Waals surface area contributed by atoms with E-state index in [1.54, 1.807) is 6.07 Å². The number of hydrogen-bond donors (Lipinski definition) is 0. The van der Waals surface area contributed by atoms with Crippen LogP contribution in [0.5, 0.6) is 0 Å². The fourth-order valence-corrected chi connectivity index (χ4v) is 2.74. The van der Waals surface area contributed by atoms with Crippen LogP contribution in [0.3, 0.4) is 0 Å². The highest BCUT2D eigenvalue weighted by Crippen LogP contribution is 2.21. The van der Waals surface area contributed by atoms with Gasteiger partial charge in [0.25, 0.3) is 5.91 Å².